The number of pyridine rings is 1. The minimum atomic E-state index is 0.128. The van der Waals surface area contributed by atoms with E-state index >= 15 is 0 Å². The van der Waals surface area contributed by atoms with Crippen LogP contribution in [0, 0.1) is 0 Å². The summed E-state index contributed by atoms with van der Waals surface area (Å²) in [5, 5.41) is 0. The molecule has 0 aliphatic carbocycles. The Morgan fingerprint density at radius 2 is 1.92 bits per heavy atom. The van der Waals surface area contributed by atoms with E-state index in [9.17, 15) is 0 Å². The van der Waals surface area contributed by atoms with E-state index in [1.807, 2.05) is 12.4 Å². The van der Waals surface area contributed by atoms with Gasteiger partial charge in [0.2, 0.25) is 0 Å². The van der Waals surface area contributed by atoms with Crippen LogP contribution in [0.4, 0.5) is 0 Å². The predicted octanol–water partition coefficient (Wildman–Crippen LogP) is 2.72. The number of nitrogens with zero attached hydrogens (tertiary/aromatic N) is 1. The average Bonchev–Trinajstić information content (AvgIpc) is 2.02. The highest BCUT2D eigenvalue weighted by molar-refractivity contribution is 7.81. The molecule has 0 aliphatic rings. The SMILES string of the molecule is CC(C)(S)CCc1ccncc1. The molecule has 0 unspecified atom stereocenters. The Bertz CT molecular complexity index is 225. The van der Waals surface area contributed by atoms with Gasteiger partial charge in [0, 0.05) is 17.1 Å². The largest absolute Gasteiger partial charge is 0.265 e. The standard InChI is InChI=1S/C10H15NS/c1-10(2,12)6-3-9-4-7-11-8-5-9/h4-5,7-8,12H,3,6H2,1-2H3. The molecular formula is C10H15NS. The monoisotopic (exact) mass is 181 g/mol. The predicted molar refractivity (Wildman–Crippen MR) is 55.6 cm³/mol. The fraction of sp³-hybridized carbons (Fsp3) is 0.500. The van der Waals surface area contributed by atoms with Crippen molar-refractivity contribution in [2.45, 2.75) is 31.4 Å². The van der Waals surface area contributed by atoms with Gasteiger partial charge in [0.15, 0.2) is 0 Å². The summed E-state index contributed by atoms with van der Waals surface area (Å²) in [5.41, 5.74) is 1.34. The third kappa shape index (κ3) is 3.77. The molecule has 1 aromatic rings. The molecule has 0 aliphatic heterocycles. The van der Waals surface area contributed by atoms with Gasteiger partial charge in [-0.15, -0.1) is 0 Å². The van der Waals surface area contributed by atoms with Crippen LogP contribution in [0.3, 0.4) is 0 Å². The maximum atomic E-state index is 4.47. The molecule has 1 heterocycles. The van der Waals surface area contributed by atoms with Gasteiger partial charge in [-0.25, -0.2) is 0 Å². The molecule has 66 valence electrons. The van der Waals surface area contributed by atoms with Crippen LogP contribution >= 0.6 is 12.6 Å². The Balaban J connectivity index is 2.44. The van der Waals surface area contributed by atoms with E-state index < -0.39 is 0 Å². The zero-order valence-electron chi connectivity index (χ0n) is 7.62. The number of hydrogen-bond donors (Lipinski definition) is 1. The van der Waals surface area contributed by atoms with Crippen molar-refractivity contribution in [2.24, 2.45) is 0 Å². The fourth-order valence-electron chi connectivity index (χ4n) is 1.000. The highest BCUT2D eigenvalue weighted by atomic mass is 32.1. The summed E-state index contributed by atoms with van der Waals surface area (Å²) in [5.74, 6) is 0. The first-order valence-electron chi connectivity index (χ1n) is 4.19. The lowest BCUT2D eigenvalue weighted by molar-refractivity contribution is 0.644. The van der Waals surface area contributed by atoms with E-state index in [1.54, 1.807) is 0 Å². The summed E-state index contributed by atoms with van der Waals surface area (Å²) in [6.45, 7) is 4.27. The van der Waals surface area contributed by atoms with Gasteiger partial charge in [0.1, 0.15) is 0 Å². The Morgan fingerprint density at radius 3 is 2.42 bits per heavy atom. The van der Waals surface area contributed by atoms with Gasteiger partial charge in [-0.05, 0) is 30.5 Å². The second kappa shape index (κ2) is 3.94. The summed E-state index contributed by atoms with van der Waals surface area (Å²) >= 11 is 4.47. The second-order valence-corrected chi connectivity index (χ2v) is 4.88. The van der Waals surface area contributed by atoms with Gasteiger partial charge in [-0.2, -0.15) is 12.6 Å². The van der Waals surface area contributed by atoms with Crippen LogP contribution in [0.2, 0.25) is 0 Å². The van der Waals surface area contributed by atoms with Crippen LogP contribution < -0.4 is 0 Å². The van der Waals surface area contributed by atoms with Gasteiger partial charge in [-0.1, -0.05) is 13.8 Å². The van der Waals surface area contributed by atoms with Crippen molar-refractivity contribution in [3.05, 3.63) is 30.1 Å². The zero-order chi connectivity index (χ0) is 9.03. The lowest BCUT2D eigenvalue weighted by Gasteiger charge is -2.16. The van der Waals surface area contributed by atoms with Crippen molar-refractivity contribution in [3.63, 3.8) is 0 Å². The Morgan fingerprint density at radius 1 is 1.33 bits per heavy atom. The van der Waals surface area contributed by atoms with Gasteiger partial charge in [0.05, 0.1) is 0 Å². The lowest BCUT2D eigenvalue weighted by Crippen LogP contribution is -2.11. The van der Waals surface area contributed by atoms with Gasteiger partial charge >= 0.3 is 0 Å². The minimum Gasteiger partial charge on any atom is -0.265 e. The van der Waals surface area contributed by atoms with Crippen LogP contribution in [0.15, 0.2) is 24.5 Å². The number of hydrogen-bond acceptors (Lipinski definition) is 2. The van der Waals surface area contributed by atoms with Crippen LogP contribution in [0.1, 0.15) is 25.8 Å². The van der Waals surface area contributed by atoms with E-state index in [0.29, 0.717) is 0 Å². The molecule has 0 aromatic carbocycles. The average molecular weight is 181 g/mol. The molecule has 0 spiro atoms. The highest BCUT2D eigenvalue weighted by Crippen LogP contribution is 2.19. The van der Waals surface area contributed by atoms with Crippen LogP contribution in [-0.2, 0) is 6.42 Å². The molecule has 1 rings (SSSR count). The minimum absolute atomic E-state index is 0.128. The molecule has 0 saturated carbocycles. The Hall–Kier alpha value is -0.500. The van der Waals surface area contributed by atoms with Crippen LogP contribution in [0.5, 0.6) is 0 Å². The topological polar surface area (TPSA) is 12.9 Å². The first kappa shape index (κ1) is 9.59. The van der Waals surface area contributed by atoms with E-state index in [-0.39, 0.29) is 4.75 Å². The summed E-state index contributed by atoms with van der Waals surface area (Å²) in [7, 11) is 0. The van der Waals surface area contributed by atoms with Crippen molar-refractivity contribution in [3.8, 4) is 0 Å². The van der Waals surface area contributed by atoms with Crippen molar-refractivity contribution in [1.82, 2.24) is 4.98 Å². The van der Waals surface area contributed by atoms with E-state index in [2.05, 4.69) is 43.6 Å². The number of aromatic nitrogens is 1. The maximum Gasteiger partial charge on any atom is 0.0270 e. The normalized spacial score (nSPS) is 11.6. The first-order chi connectivity index (χ1) is 5.58. The third-order valence-corrected chi connectivity index (χ3v) is 2.00. The summed E-state index contributed by atoms with van der Waals surface area (Å²) in [6, 6.07) is 4.11. The van der Waals surface area contributed by atoms with Crippen molar-refractivity contribution >= 4 is 12.6 Å². The van der Waals surface area contributed by atoms with Gasteiger partial charge in [0.25, 0.3) is 0 Å². The molecule has 0 fully saturated rings. The van der Waals surface area contributed by atoms with Gasteiger partial charge in [-0.3, -0.25) is 4.98 Å². The molecule has 0 saturated heterocycles. The van der Waals surface area contributed by atoms with Crippen molar-refractivity contribution in [1.29, 1.82) is 0 Å². The van der Waals surface area contributed by atoms with Crippen molar-refractivity contribution < 1.29 is 0 Å². The van der Waals surface area contributed by atoms with Gasteiger partial charge < -0.3 is 0 Å². The van der Waals surface area contributed by atoms with E-state index in [4.69, 9.17) is 0 Å². The van der Waals surface area contributed by atoms with E-state index in [0.717, 1.165) is 12.8 Å². The smallest absolute Gasteiger partial charge is 0.0270 e. The molecular weight excluding hydrogens is 166 g/mol. The summed E-state index contributed by atoms with van der Waals surface area (Å²) in [6.07, 6.45) is 5.85. The van der Waals surface area contributed by atoms with E-state index in [1.165, 1.54) is 5.56 Å². The molecule has 0 atom stereocenters. The molecule has 1 nitrogen and oxygen atoms in total. The second-order valence-electron chi connectivity index (χ2n) is 3.67. The quantitative estimate of drug-likeness (QED) is 0.707. The molecule has 12 heavy (non-hydrogen) atoms. The first-order valence-corrected chi connectivity index (χ1v) is 4.64. The summed E-state index contributed by atoms with van der Waals surface area (Å²) in [4.78, 5) is 3.97. The van der Waals surface area contributed by atoms with Crippen molar-refractivity contribution in [2.75, 3.05) is 0 Å². The zero-order valence-corrected chi connectivity index (χ0v) is 8.51. The lowest BCUT2D eigenvalue weighted by atomic mass is 10.0. The van der Waals surface area contributed by atoms with Crippen LogP contribution in [0.25, 0.3) is 0 Å². The Kier molecular flexibility index (Phi) is 3.15. The number of aryl methyl sites for hydroxylation is 1. The summed E-state index contributed by atoms with van der Waals surface area (Å²) < 4.78 is 0.128. The fourth-order valence-corrected chi connectivity index (χ4v) is 1.11. The molecule has 0 amide bonds. The number of thiol groups is 1. The Labute approximate surface area is 79.6 Å². The third-order valence-electron chi connectivity index (χ3n) is 1.77. The molecule has 0 bridgehead atoms. The van der Waals surface area contributed by atoms with Crippen LogP contribution in [-0.4, -0.2) is 9.73 Å². The number of rotatable bonds is 3. The molecule has 0 radical (unpaired) electrons. The molecule has 1 aromatic heterocycles. The maximum absolute atomic E-state index is 4.47. The molecule has 2 heteroatoms. The highest BCUT2D eigenvalue weighted by Gasteiger charge is 2.10. The molecule has 0 N–H and O–H groups in total.